The molecule has 0 N–H and O–H groups in total. The molecule has 1 unspecified atom stereocenters. The van der Waals surface area contributed by atoms with Crippen molar-refractivity contribution in [1.82, 2.24) is 24.6 Å². The molecule has 8 nitrogen and oxygen atoms in total. The summed E-state index contributed by atoms with van der Waals surface area (Å²) in [5.74, 6) is -0.636. The van der Waals surface area contributed by atoms with E-state index in [0.717, 1.165) is 43.6 Å². The van der Waals surface area contributed by atoms with Crippen molar-refractivity contribution < 1.29 is 22.7 Å². The van der Waals surface area contributed by atoms with Crippen LogP contribution in [0.3, 0.4) is 0 Å². The SMILES string of the molecule is CCOC(=O)c1cc(C2=CN(C)C(N3CCC(C#N)CC3)C=C2)c2c(C(C)C)nn(-c3cccc(C(F)(F)F)c3)c2n1. The zero-order valence-electron chi connectivity index (χ0n) is 24.0. The molecule has 5 rings (SSSR count). The maximum Gasteiger partial charge on any atom is 0.416 e. The minimum atomic E-state index is -4.53. The molecule has 1 atom stereocenters. The maximum atomic E-state index is 13.6. The average molecular weight is 579 g/mol. The maximum absolute atomic E-state index is 13.6. The van der Waals surface area contributed by atoms with Crippen molar-refractivity contribution in [2.24, 2.45) is 5.92 Å². The molecule has 2 aliphatic heterocycles. The minimum Gasteiger partial charge on any atom is -0.461 e. The van der Waals surface area contributed by atoms with Gasteiger partial charge in [-0.05, 0) is 67.2 Å². The lowest BCUT2D eigenvalue weighted by Gasteiger charge is -2.40. The number of carbonyl (C=O) groups excluding carboxylic acids is 1. The number of nitrogens with zero attached hydrogens (tertiary/aromatic N) is 6. The Hall–Kier alpha value is -4.17. The Kier molecular flexibility index (Phi) is 8.10. The summed E-state index contributed by atoms with van der Waals surface area (Å²) in [5, 5.41) is 14.7. The van der Waals surface area contributed by atoms with Gasteiger partial charge in [0.25, 0.3) is 0 Å². The molecule has 0 saturated carbocycles. The molecule has 2 aromatic heterocycles. The third-order valence-corrected chi connectivity index (χ3v) is 7.72. The van der Waals surface area contributed by atoms with Gasteiger partial charge < -0.3 is 9.64 Å². The molecule has 0 radical (unpaired) electrons. The van der Waals surface area contributed by atoms with Gasteiger partial charge in [-0.25, -0.2) is 14.5 Å². The average Bonchev–Trinajstić information content (AvgIpc) is 3.37. The molecule has 1 saturated heterocycles. The Bertz CT molecular complexity index is 1590. The molecule has 0 spiro atoms. The molecule has 42 heavy (non-hydrogen) atoms. The number of fused-ring (bicyclic) bond motifs is 1. The summed E-state index contributed by atoms with van der Waals surface area (Å²) < 4.78 is 47.4. The van der Waals surface area contributed by atoms with Crippen molar-refractivity contribution in [2.75, 3.05) is 26.7 Å². The Morgan fingerprint density at radius 3 is 2.57 bits per heavy atom. The lowest BCUT2D eigenvalue weighted by Crippen LogP contribution is -2.47. The van der Waals surface area contributed by atoms with Gasteiger partial charge in [-0.1, -0.05) is 26.0 Å². The normalized spacial score (nSPS) is 18.4. The lowest BCUT2D eigenvalue weighted by atomic mass is 9.95. The van der Waals surface area contributed by atoms with E-state index < -0.39 is 17.7 Å². The highest BCUT2D eigenvalue weighted by Gasteiger charge is 2.32. The van der Waals surface area contributed by atoms with Crippen LogP contribution in [0.4, 0.5) is 13.2 Å². The Balaban J connectivity index is 1.65. The third kappa shape index (κ3) is 5.63. The van der Waals surface area contributed by atoms with Gasteiger partial charge in [0.15, 0.2) is 11.3 Å². The largest absolute Gasteiger partial charge is 0.461 e. The van der Waals surface area contributed by atoms with Crippen LogP contribution in [-0.2, 0) is 10.9 Å². The molecular formula is C31H33F3N6O2. The van der Waals surface area contributed by atoms with Crippen molar-refractivity contribution in [3.8, 4) is 11.8 Å². The Labute approximate surface area is 242 Å². The highest BCUT2D eigenvalue weighted by atomic mass is 19.4. The van der Waals surface area contributed by atoms with Crippen molar-refractivity contribution in [3.63, 3.8) is 0 Å². The molecule has 1 fully saturated rings. The second kappa shape index (κ2) is 11.6. The first kappa shape index (κ1) is 29.3. The topological polar surface area (TPSA) is 87.3 Å². The molecule has 1 aromatic carbocycles. The third-order valence-electron chi connectivity index (χ3n) is 7.72. The van der Waals surface area contributed by atoms with Crippen LogP contribution >= 0.6 is 0 Å². The van der Waals surface area contributed by atoms with Gasteiger partial charge >= 0.3 is 12.1 Å². The van der Waals surface area contributed by atoms with E-state index in [2.05, 4.69) is 26.9 Å². The number of esters is 1. The number of alkyl halides is 3. The van der Waals surface area contributed by atoms with E-state index >= 15 is 0 Å². The second-order valence-electron chi connectivity index (χ2n) is 10.9. The second-order valence-corrected chi connectivity index (χ2v) is 10.9. The number of rotatable bonds is 6. The summed E-state index contributed by atoms with van der Waals surface area (Å²) in [6.45, 7) is 7.39. The number of likely N-dealkylation sites (N-methyl/N-ethyl adjacent to an activating group) is 1. The lowest BCUT2D eigenvalue weighted by molar-refractivity contribution is -0.137. The number of likely N-dealkylation sites (tertiary alicyclic amines) is 1. The highest BCUT2D eigenvalue weighted by molar-refractivity contribution is 6.00. The number of carbonyl (C=O) groups is 1. The zero-order valence-corrected chi connectivity index (χ0v) is 24.0. The van der Waals surface area contributed by atoms with Gasteiger partial charge in [0.1, 0.15) is 6.17 Å². The fourth-order valence-electron chi connectivity index (χ4n) is 5.57. The van der Waals surface area contributed by atoms with Crippen LogP contribution in [0.1, 0.15) is 66.8 Å². The standard InChI is InChI=1S/C31H33F3N6O2/c1-5-42-30(41)25-16-24(21-9-10-26(38(4)18-21)39-13-11-20(17-35)12-14-39)27-28(19(2)3)37-40(29(27)36-25)23-8-6-7-22(15-23)31(32,33)34/h6-10,15-16,18-20,26H,5,11-14H2,1-4H3. The van der Waals surface area contributed by atoms with Gasteiger partial charge in [-0.3, -0.25) is 4.90 Å². The zero-order chi connectivity index (χ0) is 30.2. The van der Waals surface area contributed by atoms with Crippen molar-refractivity contribution in [1.29, 1.82) is 5.26 Å². The first-order valence-electron chi connectivity index (χ1n) is 14.1. The number of pyridine rings is 1. The van der Waals surface area contributed by atoms with Gasteiger partial charge in [-0.15, -0.1) is 0 Å². The summed E-state index contributed by atoms with van der Waals surface area (Å²) in [5.41, 5.74) is 1.85. The number of aromatic nitrogens is 3. The van der Waals surface area contributed by atoms with Crippen LogP contribution in [0, 0.1) is 17.2 Å². The van der Waals surface area contributed by atoms with E-state index in [1.165, 1.54) is 16.8 Å². The minimum absolute atomic E-state index is 0.00708. The monoisotopic (exact) mass is 578 g/mol. The van der Waals surface area contributed by atoms with E-state index in [0.29, 0.717) is 16.6 Å². The van der Waals surface area contributed by atoms with E-state index in [-0.39, 0.29) is 41.6 Å². The predicted octanol–water partition coefficient (Wildman–Crippen LogP) is 6.14. The number of halogens is 3. The van der Waals surface area contributed by atoms with Crippen LogP contribution < -0.4 is 0 Å². The molecule has 3 aromatic rings. The van der Waals surface area contributed by atoms with Crippen LogP contribution in [0.2, 0.25) is 0 Å². The fourth-order valence-corrected chi connectivity index (χ4v) is 5.57. The van der Waals surface area contributed by atoms with Crippen LogP contribution in [0.15, 0.2) is 48.7 Å². The van der Waals surface area contributed by atoms with Gasteiger partial charge in [0.05, 0.1) is 35.0 Å². The van der Waals surface area contributed by atoms with Gasteiger partial charge in [0, 0.05) is 32.3 Å². The molecule has 0 amide bonds. The molecule has 11 heteroatoms. The van der Waals surface area contributed by atoms with Crippen molar-refractivity contribution in [3.05, 3.63) is 71.2 Å². The molecule has 220 valence electrons. The Morgan fingerprint density at radius 2 is 1.95 bits per heavy atom. The Morgan fingerprint density at radius 1 is 1.21 bits per heavy atom. The molecule has 2 aliphatic rings. The predicted molar refractivity (Wildman–Crippen MR) is 152 cm³/mol. The number of hydrogen-bond acceptors (Lipinski definition) is 7. The highest BCUT2D eigenvalue weighted by Crippen LogP contribution is 2.37. The molecular weight excluding hydrogens is 545 g/mol. The summed E-state index contributed by atoms with van der Waals surface area (Å²) in [7, 11) is 1.98. The summed E-state index contributed by atoms with van der Waals surface area (Å²) >= 11 is 0. The number of hydrogen-bond donors (Lipinski definition) is 0. The van der Waals surface area contributed by atoms with Crippen molar-refractivity contribution >= 4 is 22.6 Å². The quantitative estimate of drug-likeness (QED) is 0.325. The van der Waals surface area contributed by atoms with Gasteiger partial charge in [-0.2, -0.15) is 23.5 Å². The first-order chi connectivity index (χ1) is 20.0. The van der Waals surface area contributed by atoms with Crippen LogP contribution in [0.5, 0.6) is 0 Å². The first-order valence-corrected chi connectivity index (χ1v) is 14.1. The van der Waals surface area contributed by atoms with Gasteiger partial charge in [0.2, 0.25) is 0 Å². The van der Waals surface area contributed by atoms with Crippen LogP contribution in [0.25, 0.3) is 22.3 Å². The van der Waals surface area contributed by atoms with Crippen molar-refractivity contribution in [2.45, 2.75) is 51.9 Å². The number of ether oxygens (including phenoxy) is 1. The number of nitriles is 1. The number of benzene rings is 1. The van der Waals surface area contributed by atoms with E-state index in [1.807, 2.05) is 33.2 Å². The van der Waals surface area contributed by atoms with E-state index in [4.69, 9.17) is 9.84 Å². The van der Waals surface area contributed by atoms with E-state index in [1.54, 1.807) is 13.0 Å². The summed E-state index contributed by atoms with van der Waals surface area (Å²) in [4.78, 5) is 21.9. The molecule has 4 heterocycles. The van der Waals surface area contributed by atoms with Crippen LogP contribution in [-0.4, -0.2) is 63.4 Å². The smallest absolute Gasteiger partial charge is 0.416 e. The fraction of sp³-hybridized carbons (Fsp3) is 0.419. The van der Waals surface area contributed by atoms with E-state index in [9.17, 15) is 23.2 Å². The molecule has 0 bridgehead atoms. The number of piperidine rings is 1. The molecule has 0 aliphatic carbocycles. The summed E-state index contributed by atoms with van der Waals surface area (Å²) in [6.07, 6.45) is 3.21. The summed E-state index contributed by atoms with van der Waals surface area (Å²) in [6, 6.07) is 8.95. The number of allylic oxidation sites excluding steroid dienone is 2.